The molecule has 112 valence electrons. The molecule has 1 aromatic rings. The quantitative estimate of drug-likeness (QED) is 0.788. The van der Waals surface area contributed by atoms with E-state index >= 15 is 0 Å². The molecule has 1 aromatic carbocycles. The van der Waals surface area contributed by atoms with Crippen LogP contribution in [0.5, 0.6) is 0 Å². The minimum atomic E-state index is -0.174. The molecular formula is C17H22N2O2. The lowest BCUT2D eigenvalue weighted by molar-refractivity contribution is -0.121. The van der Waals surface area contributed by atoms with Gasteiger partial charge in [0.05, 0.1) is 0 Å². The molecule has 0 spiro atoms. The van der Waals surface area contributed by atoms with Crippen LogP contribution in [0, 0.1) is 0 Å². The van der Waals surface area contributed by atoms with Crippen molar-refractivity contribution in [1.29, 1.82) is 0 Å². The van der Waals surface area contributed by atoms with Crippen LogP contribution in [0.1, 0.15) is 37.7 Å². The molecule has 0 saturated heterocycles. The van der Waals surface area contributed by atoms with Gasteiger partial charge in [0.1, 0.15) is 0 Å². The molecule has 0 unspecified atom stereocenters. The van der Waals surface area contributed by atoms with Crippen molar-refractivity contribution in [2.45, 2.75) is 38.1 Å². The first-order valence-electron chi connectivity index (χ1n) is 7.54. The molecule has 2 amide bonds. The van der Waals surface area contributed by atoms with Gasteiger partial charge in [0.15, 0.2) is 0 Å². The van der Waals surface area contributed by atoms with Crippen molar-refractivity contribution in [3.63, 3.8) is 0 Å². The van der Waals surface area contributed by atoms with E-state index in [1.165, 1.54) is 18.9 Å². The predicted molar refractivity (Wildman–Crippen MR) is 83.5 cm³/mol. The van der Waals surface area contributed by atoms with Crippen molar-refractivity contribution in [3.8, 4) is 0 Å². The van der Waals surface area contributed by atoms with Crippen molar-refractivity contribution in [1.82, 2.24) is 10.6 Å². The Bertz CT molecular complexity index is 491. The number of nitrogens with one attached hydrogen (secondary N) is 2. The van der Waals surface area contributed by atoms with Gasteiger partial charge in [0.2, 0.25) is 11.8 Å². The summed E-state index contributed by atoms with van der Waals surface area (Å²) in [7, 11) is 0. The summed E-state index contributed by atoms with van der Waals surface area (Å²) in [5, 5.41) is 5.72. The maximum absolute atomic E-state index is 11.7. The highest BCUT2D eigenvalue weighted by atomic mass is 16.2. The molecule has 2 N–H and O–H groups in total. The highest BCUT2D eigenvalue weighted by Gasteiger charge is 2.16. The van der Waals surface area contributed by atoms with Gasteiger partial charge in [0.25, 0.3) is 0 Å². The van der Waals surface area contributed by atoms with Crippen LogP contribution in [-0.4, -0.2) is 24.4 Å². The predicted octanol–water partition coefficient (Wildman–Crippen LogP) is 2.26. The molecule has 0 atom stereocenters. The van der Waals surface area contributed by atoms with E-state index in [0.717, 1.165) is 18.4 Å². The lowest BCUT2D eigenvalue weighted by atomic mass is 10.2. The standard InChI is InChI=1S/C17H22N2O2/c20-16(11-10-14-6-2-1-3-7-14)18-13-12-17(21)19-15-8-4-5-9-15/h1-3,6-7,10-11,15H,4-5,8-9,12-13H2,(H,18,20)(H,19,21)/b11-10+. The number of hydrogen-bond acceptors (Lipinski definition) is 2. The number of benzene rings is 1. The Balaban J connectivity index is 1.62. The average molecular weight is 286 g/mol. The van der Waals surface area contributed by atoms with Crippen molar-refractivity contribution >= 4 is 17.9 Å². The van der Waals surface area contributed by atoms with Crippen LogP contribution in [0.25, 0.3) is 6.08 Å². The molecular weight excluding hydrogens is 264 g/mol. The fourth-order valence-corrected chi connectivity index (χ4v) is 2.46. The molecule has 1 fully saturated rings. The Morgan fingerprint density at radius 3 is 2.57 bits per heavy atom. The topological polar surface area (TPSA) is 58.2 Å². The Labute approximate surface area is 125 Å². The molecule has 0 aliphatic heterocycles. The second-order valence-corrected chi connectivity index (χ2v) is 5.33. The van der Waals surface area contributed by atoms with Crippen LogP contribution in [0.15, 0.2) is 36.4 Å². The van der Waals surface area contributed by atoms with Crippen LogP contribution < -0.4 is 10.6 Å². The van der Waals surface area contributed by atoms with E-state index in [9.17, 15) is 9.59 Å². The number of hydrogen-bond donors (Lipinski definition) is 2. The Hall–Kier alpha value is -2.10. The molecule has 21 heavy (non-hydrogen) atoms. The van der Waals surface area contributed by atoms with Gasteiger partial charge >= 0.3 is 0 Å². The number of carbonyl (C=O) groups is 2. The van der Waals surface area contributed by atoms with Crippen molar-refractivity contribution < 1.29 is 9.59 Å². The summed E-state index contributed by atoms with van der Waals surface area (Å²) in [6, 6.07) is 9.97. The molecule has 1 aliphatic carbocycles. The number of rotatable bonds is 6. The van der Waals surface area contributed by atoms with Gasteiger partial charge in [-0.3, -0.25) is 9.59 Å². The zero-order valence-electron chi connectivity index (χ0n) is 12.2. The van der Waals surface area contributed by atoms with Crippen molar-refractivity contribution in [2.24, 2.45) is 0 Å². The first kappa shape index (κ1) is 15.3. The summed E-state index contributed by atoms with van der Waals surface area (Å²) in [5.74, 6) is -0.151. The van der Waals surface area contributed by atoms with Crippen molar-refractivity contribution in [3.05, 3.63) is 42.0 Å². The molecule has 1 aliphatic rings. The van der Waals surface area contributed by atoms with Gasteiger partial charge in [-0.1, -0.05) is 43.2 Å². The molecule has 0 heterocycles. The molecule has 0 bridgehead atoms. The van der Waals surface area contributed by atoms with E-state index in [4.69, 9.17) is 0 Å². The Kier molecular flexibility index (Phi) is 6.00. The van der Waals surface area contributed by atoms with E-state index in [0.29, 0.717) is 19.0 Å². The second-order valence-electron chi connectivity index (χ2n) is 5.33. The summed E-state index contributed by atoms with van der Waals surface area (Å²) in [6.07, 6.45) is 8.15. The monoisotopic (exact) mass is 286 g/mol. The van der Waals surface area contributed by atoms with E-state index in [1.807, 2.05) is 30.3 Å². The first-order valence-corrected chi connectivity index (χ1v) is 7.54. The maximum Gasteiger partial charge on any atom is 0.244 e. The first-order chi connectivity index (χ1) is 10.2. The second kappa shape index (κ2) is 8.25. The van der Waals surface area contributed by atoms with Gasteiger partial charge in [-0.05, 0) is 24.5 Å². The molecule has 0 aromatic heterocycles. The van der Waals surface area contributed by atoms with Crippen LogP contribution in [-0.2, 0) is 9.59 Å². The van der Waals surface area contributed by atoms with Gasteiger partial charge in [0, 0.05) is 25.1 Å². The number of carbonyl (C=O) groups excluding carboxylic acids is 2. The minimum Gasteiger partial charge on any atom is -0.353 e. The highest BCUT2D eigenvalue weighted by molar-refractivity contribution is 5.92. The summed E-state index contributed by atoms with van der Waals surface area (Å²) >= 11 is 0. The van der Waals surface area contributed by atoms with Gasteiger partial charge in [-0.2, -0.15) is 0 Å². The third-order valence-electron chi connectivity index (χ3n) is 3.60. The zero-order valence-corrected chi connectivity index (χ0v) is 12.2. The lowest BCUT2D eigenvalue weighted by Gasteiger charge is -2.11. The molecule has 1 saturated carbocycles. The average Bonchev–Trinajstić information content (AvgIpc) is 2.99. The summed E-state index contributed by atoms with van der Waals surface area (Å²) in [4.78, 5) is 23.3. The largest absolute Gasteiger partial charge is 0.353 e. The summed E-state index contributed by atoms with van der Waals surface area (Å²) in [5.41, 5.74) is 0.978. The lowest BCUT2D eigenvalue weighted by Crippen LogP contribution is -2.35. The van der Waals surface area contributed by atoms with Crippen LogP contribution in [0.2, 0.25) is 0 Å². The zero-order chi connectivity index (χ0) is 14.9. The molecule has 2 rings (SSSR count). The van der Waals surface area contributed by atoms with Gasteiger partial charge in [-0.15, -0.1) is 0 Å². The highest BCUT2D eigenvalue weighted by Crippen LogP contribution is 2.17. The fraction of sp³-hybridized carbons (Fsp3) is 0.412. The summed E-state index contributed by atoms with van der Waals surface area (Å²) in [6.45, 7) is 0.372. The van der Waals surface area contributed by atoms with Crippen LogP contribution in [0.4, 0.5) is 0 Å². The smallest absolute Gasteiger partial charge is 0.244 e. The molecule has 4 heteroatoms. The SMILES string of the molecule is O=C(/C=C/c1ccccc1)NCCC(=O)NC1CCCC1. The maximum atomic E-state index is 11.7. The van der Waals surface area contributed by atoms with Gasteiger partial charge in [-0.25, -0.2) is 0 Å². The normalized spacial score (nSPS) is 15.2. The van der Waals surface area contributed by atoms with E-state index in [2.05, 4.69) is 10.6 Å². The van der Waals surface area contributed by atoms with E-state index in [1.54, 1.807) is 6.08 Å². The van der Waals surface area contributed by atoms with Crippen LogP contribution >= 0.6 is 0 Å². The summed E-state index contributed by atoms with van der Waals surface area (Å²) < 4.78 is 0. The van der Waals surface area contributed by atoms with Crippen LogP contribution in [0.3, 0.4) is 0 Å². The minimum absolute atomic E-state index is 0.0224. The third-order valence-corrected chi connectivity index (χ3v) is 3.60. The van der Waals surface area contributed by atoms with E-state index in [-0.39, 0.29) is 11.8 Å². The Morgan fingerprint density at radius 1 is 1.14 bits per heavy atom. The molecule has 4 nitrogen and oxygen atoms in total. The van der Waals surface area contributed by atoms with Gasteiger partial charge < -0.3 is 10.6 Å². The molecule has 0 radical (unpaired) electrons. The number of amides is 2. The third kappa shape index (κ3) is 5.81. The van der Waals surface area contributed by atoms with Crippen molar-refractivity contribution in [2.75, 3.05) is 6.54 Å². The van der Waals surface area contributed by atoms with E-state index < -0.39 is 0 Å². The fourth-order valence-electron chi connectivity index (χ4n) is 2.46. The Morgan fingerprint density at radius 2 is 1.86 bits per heavy atom.